The van der Waals surface area contributed by atoms with Crippen LogP contribution in [0.2, 0.25) is 0 Å². The average molecular weight is 273 g/mol. The first kappa shape index (κ1) is 14.3. The van der Waals surface area contributed by atoms with Crippen LogP contribution in [0.4, 0.5) is 0 Å². The van der Waals surface area contributed by atoms with E-state index in [4.69, 9.17) is 15.3 Å². The van der Waals surface area contributed by atoms with Crippen LogP contribution in [0, 0.1) is 6.92 Å². The van der Waals surface area contributed by atoms with Crippen LogP contribution in [0.5, 0.6) is 11.5 Å². The van der Waals surface area contributed by atoms with Crippen molar-refractivity contribution in [2.24, 2.45) is 5.84 Å². The van der Waals surface area contributed by atoms with Gasteiger partial charge in [-0.15, -0.1) is 0 Å². The number of rotatable bonds is 5. The summed E-state index contributed by atoms with van der Waals surface area (Å²) in [6.45, 7) is 1.95. The van der Waals surface area contributed by atoms with E-state index in [1.165, 1.54) is 0 Å². The number of pyridine rings is 1. The number of benzene rings is 1. The Kier molecular flexibility index (Phi) is 4.55. The van der Waals surface area contributed by atoms with E-state index in [2.05, 4.69) is 10.4 Å². The van der Waals surface area contributed by atoms with Crippen molar-refractivity contribution >= 4 is 0 Å². The minimum absolute atomic E-state index is 0.255. The number of methoxy groups -OCH3 is 2. The van der Waals surface area contributed by atoms with E-state index in [0.29, 0.717) is 0 Å². The Labute approximate surface area is 118 Å². The number of aromatic nitrogens is 1. The van der Waals surface area contributed by atoms with Crippen LogP contribution in [0.15, 0.2) is 36.5 Å². The molecule has 1 atom stereocenters. The highest BCUT2D eigenvalue weighted by Crippen LogP contribution is 2.37. The summed E-state index contributed by atoms with van der Waals surface area (Å²) in [5.74, 6) is 7.20. The van der Waals surface area contributed by atoms with Gasteiger partial charge in [-0.05, 0) is 30.7 Å². The summed E-state index contributed by atoms with van der Waals surface area (Å²) in [4.78, 5) is 4.31. The van der Waals surface area contributed by atoms with Crippen molar-refractivity contribution in [3.05, 3.63) is 53.3 Å². The molecular formula is C15H19N3O2. The van der Waals surface area contributed by atoms with Crippen molar-refractivity contribution < 1.29 is 9.47 Å². The number of nitrogens with two attached hydrogens (primary N) is 1. The van der Waals surface area contributed by atoms with Crippen LogP contribution >= 0.6 is 0 Å². The van der Waals surface area contributed by atoms with Gasteiger partial charge in [-0.1, -0.05) is 12.1 Å². The topological polar surface area (TPSA) is 69.4 Å². The molecule has 5 nitrogen and oxygen atoms in total. The van der Waals surface area contributed by atoms with Gasteiger partial charge in [0.15, 0.2) is 0 Å². The van der Waals surface area contributed by atoms with Gasteiger partial charge in [0.25, 0.3) is 0 Å². The molecule has 1 aromatic carbocycles. The summed E-state index contributed by atoms with van der Waals surface area (Å²) < 4.78 is 10.9. The van der Waals surface area contributed by atoms with E-state index in [1.54, 1.807) is 20.4 Å². The minimum atomic E-state index is -0.255. The SMILES string of the molecule is COc1cccc(OC)c1C(NN)c1cccnc1C. The summed E-state index contributed by atoms with van der Waals surface area (Å²) in [6.07, 6.45) is 1.76. The number of nitrogens with zero attached hydrogens (tertiary/aromatic N) is 1. The van der Waals surface area contributed by atoms with E-state index in [9.17, 15) is 0 Å². The lowest BCUT2D eigenvalue weighted by atomic mass is 9.96. The lowest BCUT2D eigenvalue weighted by molar-refractivity contribution is 0.377. The van der Waals surface area contributed by atoms with Crippen molar-refractivity contribution in [3.63, 3.8) is 0 Å². The smallest absolute Gasteiger partial charge is 0.127 e. The van der Waals surface area contributed by atoms with Crippen LogP contribution in [0.1, 0.15) is 22.9 Å². The molecule has 0 bridgehead atoms. The molecule has 0 fully saturated rings. The molecule has 0 spiro atoms. The van der Waals surface area contributed by atoms with Crippen molar-refractivity contribution in [2.45, 2.75) is 13.0 Å². The van der Waals surface area contributed by atoms with Gasteiger partial charge in [-0.25, -0.2) is 5.43 Å². The fourth-order valence-corrected chi connectivity index (χ4v) is 2.29. The highest BCUT2D eigenvalue weighted by Gasteiger charge is 2.23. The average Bonchev–Trinajstić information content (AvgIpc) is 2.49. The largest absolute Gasteiger partial charge is 0.496 e. The second kappa shape index (κ2) is 6.36. The van der Waals surface area contributed by atoms with E-state index in [1.807, 2.05) is 37.3 Å². The molecule has 0 amide bonds. The zero-order valence-corrected chi connectivity index (χ0v) is 11.9. The second-order valence-electron chi connectivity index (χ2n) is 4.35. The van der Waals surface area contributed by atoms with E-state index >= 15 is 0 Å². The lowest BCUT2D eigenvalue weighted by Crippen LogP contribution is -2.30. The molecule has 3 N–H and O–H groups in total. The Hall–Kier alpha value is -2.11. The molecule has 0 saturated carbocycles. The first-order valence-electron chi connectivity index (χ1n) is 6.31. The van der Waals surface area contributed by atoms with Gasteiger partial charge in [0.2, 0.25) is 0 Å². The van der Waals surface area contributed by atoms with E-state index in [-0.39, 0.29) is 6.04 Å². The number of hydrazine groups is 1. The quantitative estimate of drug-likeness (QED) is 0.644. The Morgan fingerprint density at radius 1 is 1.10 bits per heavy atom. The molecule has 20 heavy (non-hydrogen) atoms. The Balaban J connectivity index is 2.60. The molecule has 0 aliphatic heterocycles. The summed E-state index contributed by atoms with van der Waals surface area (Å²) in [6, 6.07) is 9.26. The normalized spacial score (nSPS) is 12.0. The zero-order valence-electron chi connectivity index (χ0n) is 11.9. The van der Waals surface area contributed by atoms with Crippen molar-refractivity contribution in [3.8, 4) is 11.5 Å². The van der Waals surface area contributed by atoms with Crippen LogP contribution in [-0.2, 0) is 0 Å². The fourth-order valence-electron chi connectivity index (χ4n) is 2.29. The number of nitrogens with one attached hydrogen (secondary N) is 1. The Morgan fingerprint density at radius 2 is 1.75 bits per heavy atom. The predicted molar refractivity (Wildman–Crippen MR) is 77.7 cm³/mol. The summed E-state index contributed by atoms with van der Waals surface area (Å²) >= 11 is 0. The van der Waals surface area contributed by atoms with Gasteiger partial charge in [0.05, 0.1) is 25.8 Å². The summed E-state index contributed by atoms with van der Waals surface area (Å²) in [5.41, 5.74) is 5.57. The van der Waals surface area contributed by atoms with Gasteiger partial charge in [-0.2, -0.15) is 0 Å². The van der Waals surface area contributed by atoms with Crippen LogP contribution in [0.3, 0.4) is 0 Å². The first-order valence-corrected chi connectivity index (χ1v) is 6.31. The van der Waals surface area contributed by atoms with Gasteiger partial charge in [0, 0.05) is 11.9 Å². The van der Waals surface area contributed by atoms with Crippen molar-refractivity contribution in [2.75, 3.05) is 14.2 Å². The molecule has 2 aromatic rings. The standard InChI is InChI=1S/C15H19N3O2/c1-10-11(6-5-9-17-10)15(18-16)14-12(19-2)7-4-8-13(14)20-3/h4-9,15,18H,16H2,1-3H3. The molecule has 0 radical (unpaired) electrons. The minimum Gasteiger partial charge on any atom is -0.496 e. The van der Waals surface area contributed by atoms with Crippen LogP contribution in [0.25, 0.3) is 0 Å². The maximum atomic E-state index is 5.76. The molecule has 1 aromatic heterocycles. The molecule has 106 valence electrons. The van der Waals surface area contributed by atoms with Gasteiger partial charge >= 0.3 is 0 Å². The second-order valence-corrected chi connectivity index (χ2v) is 4.35. The van der Waals surface area contributed by atoms with Gasteiger partial charge < -0.3 is 9.47 Å². The zero-order chi connectivity index (χ0) is 14.5. The molecule has 0 aliphatic rings. The van der Waals surface area contributed by atoms with Crippen LogP contribution < -0.4 is 20.7 Å². The maximum absolute atomic E-state index is 5.76. The Bertz CT molecular complexity index is 565. The lowest BCUT2D eigenvalue weighted by Gasteiger charge is -2.22. The third kappa shape index (κ3) is 2.59. The van der Waals surface area contributed by atoms with E-state index < -0.39 is 0 Å². The monoisotopic (exact) mass is 273 g/mol. The molecule has 5 heteroatoms. The first-order chi connectivity index (χ1) is 9.72. The number of hydrogen-bond acceptors (Lipinski definition) is 5. The van der Waals surface area contributed by atoms with E-state index in [0.717, 1.165) is 28.3 Å². The number of hydrogen-bond donors (Lipinski definition) is 2. The third-order valence-corrected chi connectivity index (χ3v) is 3.28. The highest BCUT2D eigenvalue weighted by atomic mass is 16.5. The number of ether oxygens (including phenoxy) is 2. The summed E-state index contributed by atoms with van der Waals surface area (Å²) in [7, 11) is 3.25. The predicted octanol–water partition coefficient (Wildman–Crippen LogP) is 1.96. The molecular weight excluding hydrogens is 254 g/mol. The Morgan fingerprint density at radius 3 is 2.25 bits per heavy atom. The highest BCUT2D eigenvalue weighted by molar-refractivity contribution is 5.51. The molecule has 1 unspecified atom stereocenters. The van der Waals surface area contributed by atoms with Gasteiger partial charge in [0.1, 0.15) is 11.5 Å². The van der Waals surface area contributed by atoms with Gasteiger partial charge in [-0.3, -0.25) is 10.8 Å². The molecule has 1 heterocycles. The molecule has 2 rings (SSSR count). The third-order valence-electron chi connectivity index (χ3n) is 3.28. The van der Waals surface area contributed by atoms with Crippen molar-refractivity contribution in [1.82, 2.24) is 10.4 Å². The summed E-state index contributed by atoms with van der Waals surface area (Å²) in [5, 5.41) is 0. The fraction of sp³-hybridized carbons (Fsp3) is 0.267. The van der Waals surface area contributed by atoms with Crippen LogP contribution in [-0.4, -0.2) is 19.2 Å². The number of aryl methyl sites for hydroxylation is 1. The molecule has 0 aliphatic carbocycles. The van der Waals surface area contributed by atoms with Crippen molar-refractivity contribution in [1.29, 1.82) is 0 Å². The maximum Gasteiger partial charge on any atom is 0.127 e. The molecule has 0 saturated heterocycles.